The van der Waals surface area contributed by atoms with Gasteiger partial charge in [-0.3, -0.25) is 0 Å². The van der Waals surface area contributed by atoms with Gasteiger partial charge in [0.25, 0.3) is 0 Å². The normalized spacial score (nSPS) is 24.4. The van der Waals surface area contributed by atoms with E-state index in [1.807, 2.05) is 0 Å². The molecule has 4 heteroatoms. The molecule has 0 aliphatic carbocycles. The highest BCUT2D eigenvalue weighted by molar-refractivity contribution is 7.99. The fourth-order valence-electron chi connectivity index (χ4n) is 1.79. The molecule has 2 unspecified atom stereocenters. The summed E-state index contributed by atoms with van der Waals surface area (Å²) >= 11 is 2.06. The van der Waals surface area contributed by atoms with Gasteiger partial charge in [-0.15, -0.1) is 0 Å². The highest BCUT2D eigenvalue weighted by Gasteiger charge is 2.23. The first-order valence-electron chi connectivity index (χ1n) is 5.40. The van der Waals surface area contributed by atoms with Crippen molar-refractivity contribution in [2.45, 2.75) is 12.5 Å². The molecule has 1 heterocycles. The second kappa shape index (κ2) is 6.67. The fourth-order valence-corrected chi connectivity index (χ4v) is 3.12. The van der Waals surface area contributed by atoms with Gasteiger partial charge in [-0.25, -0.2) is 0 Å². The average molecular weight is 217 g/mol. The number of rotatable bonds is 6. The Labute approximate surface area is 91.8 Å². The Morgan fingerprint density at radius 2 is 2.36 bits per heavy atom. The van der Waals surface area contributed by atoms with Gasteiger partial charge < -0.3 is 16.0 Å². The minimum absolute atomic E-state index is 0.532. The molecular formula is C10H23N3S. The maximum Gasteiger partial charge on any atom is 0.0227 e. The van der Waals surface area contributed by atoms with Crippen LogP contribution in [-0.4, -0.2) is 56.2 Å². The number of hydrogen-bond acceptors (Lipinski definition) is 4. The molecule has 1 fully saturated rings. The predicted octanol–water partition coefficient (Wildman–Crippen LogP) is 0.218. The largest absolute Gasteiger partial charge is 0.329 e. The predicted molar refractivity (Wildman–Crippen MR) is 64.8 cm³/mol. The van der Waals surface area contributed by atoms with E-state index in [-0.39, 0.29) is 0 Å². The Morgan fingerprint density at radius 3 is 2.86 bits per heavy atom. The number of likely N-dealkylation sites (N-methyl/N-ethyl adjacent to an activating group) is 1. The summed E-state index contributed by atoms with van der Waals surface area (Å²) in [6, 6.07) is 0.532. The minimum atomic E-state index is 0.532. The zero-order chi connectivity index (χ0) is 10.4. The van der Waals surface area contributed by atoms with Gasteiger partial charge in [0.05, 0.1) is 0 Å². The molecule has 0 aromatic heterocycles. The Balaban J connectivity index is 2.17. The summed E-state index contributed by atoms with van der Waals surface area (Å²) in [5, 5.41) is 3.56. The van der Waals surface area contributed by atoms with Gasteiger partial charge >= 0.3 is 0 Å². The molecule has 84 valence electrons. The van der Waals surface area contributed by atoms with Gasteiger partial charge in [0.1, 0.15) is 0 Å². The molecule has 3 nitrogen and oxygen atoms in total. The third-order valence-electron chi connectivity index (χ3n) is 2.75. The Kier molecular flexibility index (Phi) is 5.86. The lowest BCUT2D eigenvalue weighted by molar-refractivity contribution is 0.345. The van der Waals surface area contributed by atoms with E-state index < -0.39 is 0 Å². The van der Waals surface area contributed by atoms with E-state index >= 15 is 0 Å². The van der Waals surface area contributed by atoms with Crippen molar-refractivity contribution < 1.29 is 0 Å². The molecule has 0 aromatic carbocycles. The second-order valence-corrected chi connectivity index (χ2v) is 5.37. The molecule has 3 N–H and O–H groups in total. The van der Waals surface area contributed by atoms with Gasteiger partial charge in [0, 0.05) is 25.7 Å². The van der Waals surface area contributed by atoms with Crippen LogP contribution in [0, 0.1) is 5.92 Å². The van der Waals surface area contributed by atoms with E-state index in [2.05, 4.69) is 36.1 Å². The zero-order valence-corrected chi connectivity index (χ0v) is 10.1. The van der Waals surface area contributed by atoms with Crippen LogP contribution in [0.15, 0.2) is 0 Å². The van der Waals surface area contributed by atoms with Crippen LogP contribution in [0.3, 0.4) is 0 Å². The molecule has 1 aliphatic rings. The highest BCUT2D eigenvalue weighted by Crippen LogP contribution is 2.25. The average Bonchev–Trinajstić information content (AvgIpc) is 2.64. The zero-order valence-electron chi connectivity index (χ0n) is 9.33. The Bertz CT molecular complexity index is 146. The van der Waals surface area contributed by atoms with Crippen LogP contribution < -0.4 is 11.1 Å². The molecule has 14 heavy (non-hydrogen) atoms. The van der Waals surface area contributed by atoms with Crippen molar-refractivity contribution in [3.63, 3.8) is 0 Å². The van der Waals surface area contributed by atoms with Crippen molar-refractivity contribution in [3.05, 3.63) is 0 Å². The number of nitrogens with one attached hydrogen (secondary N) is 1. The lowest BCUT2D eigenvalue weighted by Crippen LogP contribution is -2.44. The quantitative estimate of drug-likeness (QED) is 0.668. The van der Waals surface area contributed by atoms with Crippen molar-refractivity contribution >= 4 is 11.8 Å². The molecule has 0 aromatic rings. The molecule has 0 saturated carbocycles. The van der Waals surface area contributed by atoms with E-state index in [0.717, 1.165) is 25.6 Å². The molecule has 2 atom stereocenters. The Hall–Kier alpha value is 0.230. The number of nitrogens with zero attached hydrogens (tertiary/aromatic N) is 1. The van der Waals surface area contributed by atoms with Crippen molar-refractivity contribution in [2.75, 3.05) is 45.2 Å². The van der Waals surface area contributed by atoms with Crippen molar-refractivity contribution in [1.82, 2.24) is 10.2 Å². The summed E-state index contributed by atoms with van der Waals surface area (Å²) in [4.78, 5) is 2.20. The van der Waals surface area contributed by atoms with Gasteiger partial charge in [-0.05, 0) is 37.9 Å². The summed E-state index contributed by atoms with van der Waals surface area (Å²) in [5.74, 6) is 3.40. The number of nitrogens with two attached hydrogens (primary N) is 1. The monoisotopic (exact) mass is 217 g/mol. The smallest absolute Gasteiger partial charge is 0.0227 e. The second-order valence-electron chi connectivity index (χ2n) is 4.22. The topological polar surface area (TPSA) is 41.3 Å². The lowest BCUT2D eigenvalue weighted by Gasteiger charge is -2.23. The lowest BCUT2D eigenvalue weighted by atomic mass is 9.99. The van der Waals surface area contributed by atoms with E-state index in [0.29, 0.717) is 6.04 Å². The van der Waals surface area contributed by atoms with Crippen LogP contribution in [0.5, 0.6) is 0 Å². The van der Waals surface area contributed by atoms with Crippen LogP contribution in [0.1, 0.15) is 6.42 Å². The van der Waals surface area contributed by atoms with Gasteiger partial charge in [-0.1, -0.05) is 0 Å². The van der Waals surface area contributed by atoms with Gasteiger partial charge in [-0.2, -0.15) is 11.8 Å². The van der Waals surface area contributed by atoms with E-state index in [1.165, 1.54) is 17.9 Å². The molecule has 0 spiro atoms. The maximum atomic E-state index is 5.78. The molecule has 0 bridgehead atoms. The minimum Gasteiger partial charge on any atom is -0.329 e. The molecule has 1 aliphatic heterocycles. The van der Waals surface area contributed by atoms with Crippen LogP contribution in [0.2, 0.25) is 0 Å². The maximum absolute atomic E-state index is 5.78. The molecule has 1 saturated heterocycles. The van der Waals surface area contributed by atoms with Crippen LogP contribution >= 0.6 is 11.8 Å². The van der Waals surface area contributed by atoms with Crippen LogP contribution in [-0.2, 0) is 0 Å². The standard InChI is InChI=1S/C10H23N3S/c1-13(2)5-4-12-10(7-11)9-3-6-14-8-9/h9-10,12H,3-8,11H2,1-2H3. The molecular weight excluding hydrogens is 194 g/mol. The SMILES string of the molecule is CN(C)CCNC(CN)C1CCSC1. The molecule has 0 radical (unpaired) electrons. The van der Waals surface area contributed by atoms with E-state index in [4.69, 9.17) is 5.73 Å². The summed E-state index contributed by atoms with van der Waals surface area (Å²) in [6.45, 7) is 2.92. The third-order valence-corrected chi connectivity index (χ3v) is 3.94. The summed E-state index contributed by atoms with van der Waals surface area (Å²) in [5.41, 5.74) is 5.78. The van der Waals surface area contributed by atoms with Crippen molar-refractivity contribution in [2.24, 2.45) is 11.7 Å². The van der Waals surface area contributed by atoms with Crippen LogP contribution in [0.4, 0.5) is 0 Å². The van der Waals surface area contributed by atoms with Crippen LogP contribution in [0.25, 0.3) is 0 Å². The van der Waals surface area contributed by atoms with Gasteiger partial charge in [0.2, 0.25) is 0 Å². The fraction of sp³-hybridized carbons (Fsp3) is 1.00. The first-order chi connectivity index (χ1) is 6.74. The number of hydrogen-bond donors (Lipinski definition) is 2. The summed E-state index contributed by atoms with van der Waals surface area (Å²) < 4.78 is 0. The van der Waals surface area contributed by atoms with E-state index in [1.54, 1.807) is 0 Å². The molecule has 1 rings (SSSR count). The Morgan fingerprint density at radius 1 is 1.57 bits per heavy atom. The summed E-state index contributed by atoms with van der Waals surface area (Å²) in [6.07, 6.45) is 1.33. The first kappa shape index (κ1) is 12.3. The number of thioether (sulfide) groups is 1. The van der Waals surface area contributed by atoms with E-state index in [9.17, 15) is 0 Å². The third kappa shape index (κ3) is 4.17. The van der Waals surface area contributed by atoms with Gasteiger partial charge in [0.15, 0.2) is 0 Å². The summed E-state index contributed by atoms with van der Waals surface area (Å²) in [7, 11) is 4.20. The van der Waals surface area contributed by atoms with Crippen molar-refractivity contribution in [1.29, 1.82) is 0 Å². The highest BCUT2D eigenvalue weighted by atomic mass is 32.2. The first-order valence-corrected chi connectivity index (χ1v) is 6.55. The van der Waals surface area contributed by atoms with Crippen molar-refractivity contribution in [3.8, 4) is 0 Å². The molecule has 0 amide bonds.